The van der Waals surface area contributed by atoms with E-state index in [9.17, 15) is 4.79 Å². The number of benzene rings is 1. The van der Waals surface area contributed by atoms with Crippen LogP contribution in [0.4, 0.5) is 0 Å². The molecule has 1 aromatic carbocycles. The predicted octanol–water partition coefficient (Wildman–Crippen LogP) is 4.32. The molecule has 0 unspecified atom stereocenters. The number of carbonyl (C=O) groups excluding carboxylic acids is 1. The summed E-state index contributed by atoms with van der Waals surface area (Å²) in [5.41, 5.74) is 4.45. The molecule has 37 heavy (non-hydrogen) atoms. The Kier molecular flexibility index (Phi) is 5.46. The monoisotopic (exact) mass is 498 g/mol. The van der Waals surface area contributed by atoms with E-state index in [1.165, 1.54) is 19.3 Å². The van der Waals surface area contributed by atoms with E-state index in [1.54, 1.807) is 7.11 Å². The van der Waals surface area contributed by atoms with Crippen LogP contribution in [0.25, 0.3) is 33.6 Å². The van der Waals surface area contributed by atoms with Crippen LogP contribution in [0.5, 0.6) is 5.75 Å². The van der Waals surface area contributed by atoms with Gasteiger partial charge in [0, 0.05) is 49.4 Å². The van der Waals surface area contributed by atoms with E-state index in [4.69, 9.17) is 14.7 Å². The number of nitrogens with one attached hydrogen (secondary N) is 1. The maximum atomic E-state index is 13.6. The van der Waals surface area contributed by atoms with Gasteiger partial charge in [-0.1, -0.05) is 0 Å². The second-order valence-electron chi connectivity index (χ2n) is 10.9. The fraction of sp³-hybridized carbons (Fsp3) is 0.483. The third kappa shape index (κ3) is 3.81. The summed E-state index contributed by atoms with van der Waals surface area (Å²) < 4.78 is 10.4. The quantitative estimate of drug-likeness (QED) is 0.429. The molecule has 1 N–H and O–H groups in total. The average molecular weight is 499 g/mol. The van der Waals surface area contributed by atoms with Crippen molar-refractivity contribution in [2.75, 3.05) is 26.7 Å². The van der Waals surface area contributed by atoms with Crippen LogP contribution in [0.15, 0.2) is 36.5 Å². The maximum Gasteiger partial charge on any atom is 0.254 e. The number of likely N-dealkylation sites (tertiary alicyclic amines) is 1. The number of hydrogen-bond acceptors (Lipinski definition) is 5. The van der Waals surface area contributed by atoms with Crippen molar-refractivity contribution in [1.82, 2.24) is 29.3 Å². The molecule has 1 aliphatic carbocycles. The van der Waals surface area contributed by atoms with E-state index in [1.807, 2.05) is 29.3 Å². The summed E-state index contributed by atoms with van der Waals surface area (Å²) >= 11 is 0. The van der Waals surface area contributed by atoms with Crippen LogP contribution in [-0.4, -0.2) is 62.7 Å². The highest BCUT2D eigenvalue weighted by molar-refractivity contribution is 6.00. The molecule has 2 saturated heterocycles. The fourth-order valence-corrected chi connectivity index (χ4v) is 6.43. The first-order valence-electron chi connectivity index (χ1n) is 13.7. The molecule has 1 saturated carbocycles. The number of methoxy groups -OCH3 is 1. The van der Waals surface area contributed by atoms with Gasteiger partial charge in [-0.05, 0) is 81.3 Å². The summed E-state index contributed by atoms with van der Waals surface area (Å²) in [6, 6.07) is 10.6. The molecular weight excluding hydrogens is 464 g/mol. The van der Waals surface area contributed by atoms with Crippen molar-refractivity contribution in [2.45, 2.75) is 51.7 Å². The lowest BCUT2D eigenvalue weighted by Crippen LogP contribution is -2.48. The standard InChI is InChI=1S/C29H34N6O2/c1-3-34-26-22(32-28(34)24-14-20-5-4-10-31-27(20)35(24)16-18-6-7-18)13-21(15-25(26)37-2)29(36)33-12-9-19-8-11-30-23(19)17-33/h4-5,10,13-15,18-19,23,30H,3,6-9,11-12,16-17H2,1-2H3/t19-,23+/m1/s1. The minimum atomic E-state index is 0.0620. The Labute approximate surface area is 216 Å². The molecule has 2 aliphatic heterocycles. The van der Waals surface area contributed by atoms with Gasteiger partial charge in [0.05, 0.1) is 18.3 Å². The van der Waals surface area contributed by atoms with Crippen molar-refractivity contribution in [3.05, 3.63) is 42.1 Å². The number of imidazole rings is 1. The Morgan fingerprint density at radius 1 is 1.16 bits per heavy atom. The second kappa shape index (κ2) is 8.87. The normalized spacial score (nSPS) is 21.6. The van der Waals surface area contributed by atoms with Crippen molar-refractivity contribution < 1.29 is 9.53 Å². The molecule has 2 atom stereocenters. The van der Waals surface area contributed by atoms with E-state index in [-0.39, 0.29) is 5.91 Å². The second-order valence-corrected chi connectivity index (χ2v) is 10.9. The van der Waals surface area contributed by atoms with Crippen LogP contribution in [0, 0.1) is 11.8 Å². The summed E-state index contributed by atoms with van der Waals surface area (Å²) in [6.07, 6.45) is 6.68. The number of ether oxygens (including phenoxy) is 1. The number of carbonyl (C=O) groups is 1. The van der Waals surface area contributed by atoms with Crippen LogP contribution in [0.1, 0.15) is 43.0 Å². The van der Waals surface area contributed by atoms with Crippen LogP contribution in [0.3, 0.4) is 0 Å². The van der Waals surface area contributed by atoms with Crippen molar-refractivity contribution in [2.24, 2.45) is 11.8 Å². The highest BCUT2D eigenvalue weighted by Crippen LogP contribution is 2.38. The summed E-state index contributed by atoms with van der Waals surface area (Å²) in [4.78, 5) is 25.5. The average Bonchev–Trinajstić information content (AvgIpc) is 3.33. The molecule has 8 heteroatoms. The van der Waals surface area contributed by atoms with Gasteiger partial charge in [-0.2, -0.15) is 0 Å². The SMILES string of the molecule is CCn1c(-c2cc3cccnc3n2CC2CC2)nc2cc(C(=O)N3CC[C@H]4CCN[C@H]4C3)cc(OC)c21. The largest absolute Gasteiger partial charge is 0.494 e. The lowest BCUT2D eigenvalue weighted by molar-refractivity contribution is 0.0669. The summed E-state index contributed by atoms with van der Waals surface area (Å²) in [5, 5.41) is 4.70. The van der Waals surface area contributed by atoms with Gasteiger partial charge in [0.2, 0.25) is 0 Å². The highest BCUT2D eigenvalue weighted by Gasteiger charge is 2.35. The Morgan fingerprint density at radius 3 is 2.86 bits per heavy atom. The van der Waals surface area contributed by atoms with Crippen molar-refractivity contribution in [3.8, 4) is 17.3 Å². The van der Waals surface area contributed by atoms with Gasteiger partial charge in [-0.25, -0.2) is 9.97 Å². The number of pyridine rings is 1. The topological polar surface area (TPSA) is 77.2 Å². The lowest BCUT2D eigenvalue weighted by Gasteiger charge is -2.35. The van der Waals surface area contributed by atoms with Gasteiger partial charge in [-0.3, -0.25) is 4.79 Å². The first-order valence-corrected chi connectivity index (χ1v) is 13.7. The number of piperidine rings is 1. The van der Waals surface area contributed by atoms with E-state index in [2.05, 4.69) is 33.5 Å². The molecule has 192 valence electrons. The zero-order valence-electron chi connectivity index (χ0n) is 21.6. The number of aryl methyl sites for hydroxylation is 1. The number of amides is 1. The fourth-order valence-electron chi connectivity index (χ4n) is 6.43. The van der Waals surface area contributed by atoms with Gasteiger partial charge in [0.15, 0.2) is 5.82 Å². The van der Waals surface area contributed by atoms with E-state index in [0.717, 1.165) is 72.7 Å². The zero-order chi connectivity index (χ0) is 25.1. The highest BCUT2D eigenvalue weighted by atomic mass is 16.5. The predicted molar refractivity (Wildman–Crippen MR) is 144 cm³/mol. The molecule has 4 aromatic rings. The van der Waals surface area contributed by atoms with Crippen molar-refractivity contribution in [3.63, 3.8) is 0 Å². The molecule has 8 nitrogen and oxygen atoms in total. The Hall–Kier alpha value is -3.39. The maximum absolute atomic E-state index is 13.6. The smallest absolute Gasteiger partial charge is 0.254 e. The Balaban J connectivity index is 1.33. The third-order valence-electron chi connectivity index (χ3n) is 8.58. The summed E-state index contributed by atoms with van der Waals surface area (Å²) in [6.45, 7) is 6.47. The molecule has 0 radical (unpaired) electrons. The van der Waals surface area contributed by atoms with Gasteiger partial charge >= 0.3 is 0 Å². The van der Waals surface area contributed by atoms with Gasteiger partial charge in [0.1, 0.15) is 16.9 Å². The third-order valence-corrected chi connectivity index (χ3v) is 8.58. The molecule has 1 amide bonds. The first kappa shape index (κ1) is 22.8. The van der Waals surface area contributed by atoms with E-state index >= 15 is 0 Å². The Bertz CT molecular complexity index is 1500. The number of fused-ring (bicyclic) bond motifs is 3. The van der Waals surface area contributed by atoms with Crippen LogP contribution in [-0.2, 0) is 13.1 Å². The van der Waals surface area contributed by atoms with Crippen LogP contribution in [0.2, 0.25) is 0 Å². The van der Waals surface area contributed by atoms with Crippen molar-refractivity contribution in [1.29, 1.82) is 0 Å². The molecule has 3 fully saturated rings. The van der Waals surface area contributed by atoms with Gasteiger partial charge in [0.25, 0.3) is 5.91 Å². The van der Waals surface area contributed by atoms with E-state index < -0.39 is 0 Å². The molecule has 7 rings (SSSR count). The van der Waals surface area contributed by atoms with Gasteiger partial charge < -0.3 is 24.1 Å². The minimum Gasteiger partial charge on any atom is -0.494 e. The van der Waals surface area contributed by atoms with Gasteiger partial charge in [-0.15, -0.1) is 0 Å². The summed E-state index contributed by atoms with van der Waals surface area (Å²) in [7, 11) is 1.68. The molecule has 3 aromatic heterocycles. The number of hydrogen-bond donors (Lipinski definition) is 1. The first-order chi connectivity index (χ1) is 18.1. The van der Waals surface area contributed by atoms with Crippen LogP contribution < -0.4 is 10.1 Å². The Morgan fingerprint density at radius 2 is 2.05 bits per heavy atom. The van der Waals surface area contributed by atoms with Crippen molar-refractivity contribution >= 4 is 28.0 Å². The molecule has 3 aliphatic rings. The molecular formula is C29H34N6O2. The lowest BCUT2D eigenvalue weighted by atomic mass is 9.92. The number of nitrogens with zero attached hydrogens (tertiary/aromatic N) is 5. The van der Waals surface area contributed by atoms with Crippen LogP contribution >= 0.6 is 0 Å². The minimum absolute atomic E-state index is 0.0620. The zero-order valence-corrected chi connectivity index (χ0v) is 21.6. The molecule has 0 bridgehead atoms. The molecule has 0 spiro atoms. The molecule has 5 heterocycles. The number of aromatic nitrogens is 4. The van der Waals surface area contributed by atoms with E-state index in [0.29, 0.717) is 29.2 Å². The summed E-state index contributed by atoms with van der Waals surface area (Å²) in [5.74, 6) is 3.05. The number of rotatable bonds is 6.